The summed E-state index contributed by atoms with van der Waals surface area (Å²) in [7, 11) is 1.74. The highest BCUT2D eigenvalue weighted by Gasteiger charge is 2.26. The number of aromatic nitrogens is 2. The molecule has 0 saturated carbocycles. The summed E-state index contributed by atoms with van der Waals surface area (Å²) in [6.07, 6.45) is 0. The summed E-state index contributed by atoms with van der Waals surface area (Å²) in [5.74, 6) is 0.614. The number of anilines is 1. The van der Waals surface area contributed by atoms with E-state index in [9.17, 15) is 4.79 Å². The third-order valence-electron chi connectivity index (χ3n) is 4.55. The molecule has 1 aromatic carbocycles. The average Bonchev–Trinajstić information content (AvgIpc) is 2.58. The van der Waals surface area contributed by atoms with E-state index in [-0.39, 0.29) is 5.56 Å². The van der Waals surface area contributed by atoms with Gasteiger partial charge in [-0.1, -0.05) is 25.0 Å². The van der Waals surface area contributed by atoms with Crippen molar-refractivity contribution in [1.82, 2.24) is 9.55 Å². The van der Waals surface area contributed by atoms with Crippen LogP contribution in [0.4, 0.5) is 5.95 Å². The SMILES string of the molecule is Cc1cc(C(C)(C)N=[N+]=[N-])c2nc(N3CCOCC3)n(C)c(=O)c2c1. The number of ether oxygens (including phenoxy) is 1. The van der Waals surface area contributed by atoms with E-state index in [1.807, 2.05) is 32.9 Å². The molecule has 0 atom stereocenters. The van der Waals surface area contributed by atoms with Gasteiger partial charge in [0.1, 0.15) is 0 Å². The molecule has 25 heavy (non-hydrogen) atoms. The van der Waals surface area contributed by atoms with E-state index in [4.69, 9.17) is 15.3 Å². The molecule has 1 fully saturated rings. The fraction of sp³-hybridized carbons (Fsp3) is 0.529. The van der Waals surface area contributed by atoms with Gasteiger partial charge < -0.3 is 9.64 Å². The number of benzene rings is 1. The maximum atomic E-state index is 12.9. The van der Waals surface area contributed by atoms with E-state index in [1.54, 1.807) is 11.6 Å². The zero-order chi connectivity index (χ0) is 18.2. The van der Waals surface area contributed by atoms with Crippen LogP contribution in [0.15, 0.2) is 22.0 Å². The first-order chi connectivity index (χ1) is 11.8. The fourth-order valence-electron chi connectivity index (χ4n) is 3.19. The van der Waals surface area contributed by atoms with Crippen LogP contribution < -0.4 is 10.5 Å². The number of azide groups is 1. The van der Waals surface area contributed by atoms with Crippen LogP contribution in [-0.2, 0) is 17.3 Å². The Hall–Kier alpha value is -2.57. The van der Waals surface area contributed by atoms with E-state index in [0.717, 1.165) is 11.1 Å². The lowest BCUT2D eigenvalue weighted by atomic mass is 9.91. The molecule has 1 aliphatic heterocycles. The van der Waals surface area contributed by atoms with Gasteiger partial charge in [0.05, 0.1) is 29.7 Å². The standard InChI is InChI=1S/C17H22N6O2/c1-11-9-12-14(13(10-11)17(2,3)20-21-18)19-16(22(4)15(12)24)23-5-7-25-8-6-23/h9-10H,5-8H2,1-4H3. The predicted octanol–water partition coefficient (Wildman–Crippen LogP) is 2.62. The topological polar surface area (TPSA) is 96.1 Å². The molecule has 3 rings (SSSR count). The number of nitrogens with zero attached hydrogens (tertiary/aromatic N) is 6. The number of hydrogen-bond donors (Lipinski definition) is 0. The van der Waals surface area contributed by atoms with Crippen LogP contribution in [0.1, 0.15) is 25.0 Å². The van der Waals surface area contributed by atoms with Crippen LogP contribution in [0.3, 0.4) is 0 Å². The molecule has 0 N–H and O–H groups in total. The Morgan fingerprint density at radius 1 is 1.32 bits per heavy atom. The van der Waals surface area contributed by atoms with Crippen LogP contribution in [0, 0.1) is 6.92 Å². The molecule has 8 heteroatoms. The molecule has 1 saturated heterocycles. The number of rotatable bonds is 3. The van der Waals surface area contributed by atoms with E-state index in [1.165, 1.54) is 0 Å². The number of hydrogen-bond acceptors (Lipinski definition) is 5. The zero-order valence-corrected chi connectivity index (χ0v) is 15.0. The molecule has 0 amide bonds. The second-order valence-electron chi connectivity index (χ2n) is 6.83. The molecule has 8 nitrogen and oxygen atoms in total. The van der Waals surface area contributed by atoms with Gasteiger partial charge in [-0.25, -0.2) is 4.98 Å². The van der Waals surface area contributed by atoms with Gasteiger partial charge in [-0.05, 0) is 29.6 Å². The third kappa shape index (κ3) is 3.06. The van der Waals surface area contributed by atoms with Gasteiger partial charge in [0.15, 0.2) is 0 Å². The summed E-state index contributed by atoms with van der Waals surface area (Å²) in [6, 6.07) is 3.77. The Morgan fingerprint density at radius 2 is 2.00 bits per heavy atom. The summed E-state index contributed by atoms with van der Waals surface area (Å²) in [4.78, 5) is 22.8. The van der Waals surface area contributed by atoms with Crippen LogP contribution >= 0.6 is 0 Å². The molecule has 0 radical (unpaired) electrons. The molecular formula is C17H22N6O2. The summed E-state index contributed by atoms with van der Waals surface area (Å²) < 4.78 is 6.97. The van der Waals surface area contributed by atoms with Crippen molar-refractivity contribution < 1.29 is 4.74 Å². The van der Waals surface area contributed by atoms with Crippen LogP contribution in [0.2, 0.25) is 0 Å². The molecule has 0 unspecified atom stereocenters. The largest absolute Gasteiger partial charge is 0.378 e. The van der Waals surface area contributed by atoms with Crippen molar-refractivity contribution in [3.63, 3.8) is 0 Å². The highest BCUT2D eigenvalue weighted by Crippen LogP contribution is 2.32. The second-order valence-corrected chi connectivity index (χ2v) is 6.83. The summed E-state index contributed by atoms with van der Waals surface area (Å²) in [6.45, 7) is 8.17. The molecule has 0 aliphatic carbocycles. The predicted molar refractivity (Wildman–Crippen MR) is 96.9 cm³/mol. The fourth-order valence-corrected chi connectivity index (χ4v) is 3.19. The smallest absolute Gasteiger partial charge is 0.262 e. The molecule has 1 aliphatic rings. The number of morpholine rings is 1. The normalized spacial score (nSPS) is 15.3. The van der Waals surface area contributed by atoms with Crippen molar-refractivity contribution in [3.05, 3.63) is 44.1 Å². The van der Waals surface area contributed by atoms with Crippen molar-refractivity contribution >= 4 is 16.9 Å². The average molecular weight is 342 g/mol. The zero-order valence-electron chi connectivity index (χ0n) is 15.0. The van der Waals surface area contributed by atoms with Gasteiger partial charge in [0, 0.05) is 25.0 Å². The van der Waals surface area contributed by atoms with Crippen LogP contribution in [-0.4, -0.2) is 35.9 Å². The lowest BCUT2D eigenvalue weighted by molar-refractivity contribution is 0.121. The molecule has 132 valence electrons. The van der Waals surface area contributed by atoms with Gasteiger partial charge in [-0.15, -0.1) is 0 Å². The molecule has 2 heterocycles. The first-order valence-electron chi connectivity index (χ1n) is 8.26. The van der Waals surface area contributed by atoms with Gasteiger partial charge in [0.25, 0.3) is 5.56 Å². The van der Waals surface area contributed by atoms with Crippen molar-refractivity contribution in [2.75, 3.05) is 31.2 Å². The molecule has 0 bridgehead atoms. The second kappa shape index (κ2) is 6.38. The Morgan fingerprint density at radius 3 is 2.64 bits per heavy atom. The number of aryl methyl sites for hydroxylation is 1. The van der Waals surface area contributed by atoms with Gasteiger partial charge in [0.2, 0.25) is 5.95 Å². The van der Waals surface area contributed by atoms with Gasteiger partial charge in [-0.3, -0.25) is 9.36 Å². The first kappa shape index (κ1) is 17.3. The van der Waals surface area contributed by atoms with Crippen molar-refractivity contribution in [2.45, 2.75) is 26.3 Å². The molecule has 0 spiro atoms. The Bertz CT molecular complexity index is 921. The maximum absolute atomic E-state index is 12.9. The number of fused-ring (bicyclic) bond motifs is 1. The first-order valence-corrected chi connectivity index (χ1v) is 8.26. The van der Waals surface area contributed by atoms with Crippen molar-refractivity contribution in [1.29, 1.82) is 0 Å². The summed E-state index contributed by atoms with van der Waals surface area (Å²) in [5.41, 5.74) is 10.3. The lowest BCUT2D eigenvalue weighted by Crippen LogP contribution is -2.40. The van der Waals surface area contributed by atoms with Crippen LogP contribution in [0.25, 0.3) is 21.3 Å². The van der Waals surface area contributed by atoms with E-state index in [2.05, 4.69) is 14.9 Å². The van der Waals surface area contributed by atoms with Crippen LogP contribution in [0.5, 0.6) is 0 Å². The molecular weight excluding hydrogens is 320 g/mol. The lowest BCUT2D eigenvalue weighted by Gasteiger charge is -2.30. The quantitative estimate of drug-likeness (QED) is 0.486. The van der Waals surface area contributed by atoms with Gasteiger partial charge in [-0.2, -0.15) is 0 Å². The monoisotopic (exact) mass is 342 g/mol. The Kier molecular flexibility index (Phi) is 4.41. The highest BCUT2D eigenvalue weighted by molar-refractivity contribution is 5.84. The minimum absolute atomic E-state index is 0.104. The maximum Gasteiger partial charge on any atom is 0.262 e. The highest BCUT2D eigenvalue weighted by atomic mass is 16.5. The van der Waals surface area contributed by atoms with E-state index in [0.29, 0.717) is 43.2 Å². The summed E-state index contributed by atoms with van der Waals surface area (Å²) >= 11 is 0. The summed E-state index contributed by atoms with van der Waals surface area (Å²) in [5, 5.41) is 4.45. The molecule has 1 aromatic heterocycles. The van der Waals surface area contributed by atoms with E-state index >= 15 is 0 Å². The van der Waals surface area contributed by atoms with E-state index < -0.39 is 5.54 Å². The van der Waals surface area contributed by atoms with Crippen molar-refractivity contribution in [3.8, 4) is 0 Å². The minimum Gasteiger partial charge on any atom is -0.378 e. The Balaban J connectivity index is 2.32. The third-order valence-corrected chi connectivity index (χ3v) is 4.55. The Labute approximate surface area is 145 Å². The van der Waals surface area contributed by atoms with Gasteiger partial charge >= 0.3 is 0 Å². The van der Waals surface area contributed by atoms with Crippen molar-refractivity contribution in [2.24, 2.45) is 12.2 Å². The molecule has 2 aromatic rings. The minimum atomic E-state index is -0.805.